The summed E-state index contributed by atoms with van der Waals surface area (Å²) >= 11 is 5.70. The molecule has 5 heteroatoms. The second kappa shape index (κ2) is 8.85. The zero-order valence-electron chi connectivity index (χ0n) is 9.59. The molecule has 0 saturated carbocycles. The second-order valence-corrected chi connectivity index (χ2v) is 5.63. The van der Waals surface area contributed by atoms with Crippen LogP contribution < -0.4 is 5.32 Å². The zero-order valence-corrected chi connectivity index (χ0v) is 13.3. The zero-order chi connectivity index (χ0) is 12.5. The van der Waals surface area contributed by atoms with Crippen LogP contribution in [0.1, 0.15) is 36.2 Å². The van der Waals surface area contributed by atoms with E-state index in [4.69, 9.17) is 0 Å². The van der Waals surface area contributed by atoms with E-state index < -0.39 is 0 Å². The maximum absolute atomic E-state index is 11.7. The second-order valence-electron chi connectivity index (χ2n) is 3.69. The van der Waals surface area contributed by atoms with Crippen LogP contribution >= 0.6 is 38.5 Å². The van der Waals surface area contributed by atoms with E-state index in [0.29, 0.717) is 5.69 Å². The number of hydrogen-bond donors (Lipinski definition) is 1. The van der Waals surface area contributed by atoms with Crippen LogP contribution in [0.15, 0.2) is 22.8 Å². The Morgan fingerprint density at radius 2 is 2.12 bits per heavy atom. The standard InChI is InChI=1S/C12H16BrIN2O/c13-10-6-5-9-15-11(10)12(17)16-8-4-2-1-3-7-14/h5-6,9H,1-4,7-8H2,(H,16,17). The average molecular weight is 411 g/mol. The van der Waals surface area contributed by atoms with Gasteiger partial charge in [0.25, 0.3) is 5.91 Å². The maximum Gasteiger partial charge on any atom is 0.271 e. The highest BCUT2D eigenvalue weighted by Gasteiger charge is 2.09. The Hall–Kier alpha value is -0.170. The molecular weight excluding hydrogens is 395 g/mol. The van der Waals surface area contributed by atoms with Gasteiger partial charge in [0.15, 0.2) is 0 Å². The van der Waals surface area contributed by atoms with Crippen LogP contribution in [-0.4, -0.2) is 21.9 Å². The Morgan fingerprint density at radius 3 is 2.82 bits per heavy atom. The van der Waals surface area contributed by atoms with Crippen LogP contribution in [0.2, 0.25) is 0 Å². The summed E-state index contributed by atoms with van der Waals surface area (Å²) in [5, 5.41) is 2.88. The first-order valence-corrected chi connectivity index (χ1v) is 8.02. The van der Waals surface area contributed by atoms with Gasteiger partial charge in [0, 0.05) is 17.2 Å². The maximum atomic E-state index is 11.7. The van der Waals surface area contributed by atoms with Gasteiger partial charge in [-0.05, 0) is 45.3 Å². The van der Waals surface area contributed by atoms with Crippen molar-refractivity contribution in [2.75, 3.05) is 11.0 Å². The van der Waals surface area contributed by atoms with Gasteiger partial charge in [0.1, 0.15) is 5.69 Å². The lowest BCUT2D eigenvalue weighted by Gasteiger charge is -2.05. The Kier molecular flexibility index (Phi) is 7.75. The van der Waals surface area contributed by atoms with Gasteiger partial charge < -0.3 is 5.32 Å². The summed E-state index contributed by atoms with van der Waals surface area (Å²) in [5.74, 6) is -0.105. The Balaban J connectivity index is 2.24. The quantitative estimate of drug-likeness (QED) is 0.424. The van der Waals surface area contributed by atoms with E-state index in [-0.39, 0.29) is 5.91 Å². The minimum Gasteiger partial charge on any atom is -0.351 e. The number of hydrogen-bond acceptors (Lipinski definition) is 2. The van der Waals surface area contributed by atoms with E-state index in [9.17, 15) is 4.79 Å². The molecular formula is C12H16BrIN2O. The molecule has 0 spiro atoms. The van der Waals surface area contributed by atoms with Crippen molar-refractivity contribution in [1.82, 2.24) is 10.3 Å². The monoisotopic (exact) mass is 410 g/mol. The lowest BCUT2D eigenvalue weighted by atomic mass is 10.2. The van der Waals surface area contributed by atoms with Gasteiger partial charge in [-0.15, -0.1) is 0 Å². The van der Waals surface area contributed by atoms with Gasteiger partial charge in [-0.3, -0.25) is 4.79 Å². The number of amides is 1. The molecule has 0 aromatic carbocycles. The highest BCUT2D eigenvalue weighted by molar-refractivity contribution is 14.1. The van der Waals surface area contributed by atoms with Crippen LogP contribution in [0.5, 0.6) is 0 Å². The molecule has 1 N–H and O–H groups in total. The van der Waals surface area contributed by atoms with E-state index in [0.717, 1.165) is 17.4 Å². The molecule has 0 aliphatic carbocycles. The number of pyridine rings is 1. The SMILES string of the molecule is O=C(NCCCCCCI)c1ncccc1Br. The number of halogens is 2. The Morgan fingerprint density at radius 1 is 1.35 bits per heavy atom. The van der Waals surface area contributed by atoms with Crippen LogP contribution in [-0.2, 0) is 0 Å². The summed E-state index contributed by atoms with van der Waals surface area (Å²) in [5.41, 5.74) is 0.458. The average Bonchev–Trinajstić information content (AvgIpc) is 2.34. The van der Waals surface area contributed by atoms with Gasteiger partial charge >= 0.3 is 0 Å². The third-order valence-corrected chi connectivity index (χ3v) is 3.72. The van der Waals surface area contributed by atoms with Crippen molar-refractivity contribution in [2.24, 2.45) is 0 Å². The minimum atomic E-state index is -0.105. The molecule has 0 fully saturated rings. The number of nitrogens with one attached hydrogen (secondary N) is 1. The summed E-state index contributed by atoms with van der Waals surface area (Å²) < 4.78 is 1.95. The fraction of sp³-hybridized carbons (Fsp3) is 0.500. The molecule has 0 bridgehead atoms. The number of rotatable bonds is 7. The van der Waals surface area contributed by atoms with Crippen LogP contribution in [0.3, 0.4) is 0 Å². The topological polar surface area (TPSA) is 42.0 Å². The molecule has 0 aliphatic heterocycles. The highest BCUT2D eigenvalue weighted by atomic mass is 127. The van der Waals surface area contributed by atoms with E-state index >= 15 is 0 Å². The van der Waals surface area contributed by atoms with Crippen LogP contribution in [0.25, 0.3) is 0 Å². The number of nitrogens with zero attached hydrogens (tertiary/aromatic N) is 1. The van der Waals surface area contributed by atoms with E-state index in [2.05, 4.69) is 48.8 Å². The van der Waals surface area contributed by atoms with Crippen molar-refractivity contribution in [3.05, 3.63) is 28.5 Å². The third-order valence-electron chi connectivity index (χ3n) is 2.32. The van der Waals surface area contributed by atoms with E-state index in [1.165, 1.54) is 23.7 Å². The normalized spacial score (nSPS) is 10.2. The number of carbonyl (C=O) groups is 1. The molecule has 1 aromatic heterocycles. The molecule has 17 heavy (non-hydrogen) atoms. The predicted molar refractivity (Wildman–Crippen MR) is 81.6 cm³/mol. The van der Waals surface area contributed by atoms with Gasteiger partial charge in [-0.25, -0.2) is 4.98 Å². The van der Waals surface area contributed by atoms with Crippen molar-refractivity contribution >= 4 is 44.4 Å². The summed E-state index contributed by atoms with van der Waals surface area (Å²) in [6.45, 7) is 0.725. The molecule has 3 nitrogen and oxygen atoms in total. The molecule has 0 atom stereocenters. The van der Waals surface area contributed by atoms with Crippen molar-refractivity contribution in [1.29, 1.82) is 0 Å². The Bertz CT molecular complexity index is 360. The molecule has 1 aromatic rings. The third kappa shape index (κ3) is 5.81. The summed E-state index contributed by atoms with van der Waals surface area (Å²) in [6.07, 6.45) is 6.34. The van der Waals surface area contributed by atoms with Crippen molar-refractivity contribution in [3.8, 4) is 0 Å². The number of unbranched alkanes of at least 4 members (excludes halogenated alkanes) is 3. The van der Waals surface area contributed by atoms with E-state index in [1.54, 1.807) is 12.3 Å². The molecule has 1 heterocycles. The molecule has 1 amide bonds. The minimum absolute atomic E-state index is 0.105. The lowest BCUT2D eigenvalue weighted by Crippen LogP contribution is -2.25. The number of alkyl halides is 1. The fourth-order valence-electron chi connectivity index (χ4n) is 1.41. The highest BCUT2D eigenvalue weighted by Crippen LogP contribution is 2.12. The Labute approximate surface area is 124 Å². The van der Waals surface area contributed by atoms with Crippen LogP contribution in [0.4, 0.5) is 0 Å². The molecule has 0 radical (unpaired) electrons. The van der Waals surface area contributed by atoms with Gasteiger partial charge in [-0.2, -0.15) is 0 Å². The molecule has 0 saturated heterocycles. The van der Waals surface area contributed by atoms with Crippen molar-refractivity contribution in [2.45, 2.75) is 25.7 Å². The first-order chi connectivity index (χ1) is 8.25. The van der Waals surface area contributed by atoms with Gasteiger partial charge in [0.05, 0.1) is 0 Å². The number of carbonyl (C=O) groups excluding carboxylic acids is 1. The molecule has 1 rings (SSSR count). The fourth-order valence-corrected chi connectivity index (χ4v) is 2.39. The molecule has 0 unspecified atom stereocenters. The molecule has 0 aliphatic rings. The predicted octanol–water partition coefficient (Wildman–Crippen LogP) is 3.57. The smallest absolute Gasteiger partial charge is 0.271 e. The molecule has 94 valence electrons. The van der Waals surface area contributed by atoms with Gasteiger partial charge in [-0.1, -0.05) is 35.4 Å². The summed E-state index contributed by atoms with van der Waals surface area (Å²) in [6, 6.07) is 3.62. The van der Waals surface area contributed by atoms with Crippen LogP contribution in [0, 0.1) is 0 Å². The lowest BCUT2D eigenvalue weighted by molar-refractivity contribution is 0.0947. The first-order valence-electron chi connectivity index (χ1n) is 5.70. The van der Waals surface area contributed by atoms with Gasteiger partial charge in [0.2, 0.25) is 0 Å². The summed E-state index contributed by atoms with van der Waals surface area (Å²) in [7, 11) is 0. The van der Waals surface area contributed by atoms with E-state index in [1.807, 2.05) is 6.07 Å². The van der Waals surface area contributed by atoms with Crippen molar-refractivity contribution < 1.29 is 4.79 Å². The first kappa shape index (κ1) is 14.9. The largest absolute Gasteiger partial charge is 0.351 e. The van der Waals surface area contributed by atoms with Crippen molar-refractivity contribution in [3.63, 3.8) is 0 Å². The summed E-state index contributed by atoms with van der Waals surface area (Å²) in [4.78, 5) is 15.8. The number of aromatic nitrogens is 1.